The summed E-state index contributed by atoms with van der Waals surface area (Å²) < 4.78 is 56.0. The Labute approximate surface area is 350 Å². The van der Waals surface area contributed by atoms with Crippen LogP contribution in [-0.2, 0) is 0 Å². The molecule has 0 radical (unpaired) electrons. The number of benzene rings is 4. The molecule has 2 N–H and O–H groups in total. The zero-order valence-corrected chi connectivity index (χ0v) is 32.0. The molecule has 0 aliphatic heterocycles. The molecule has 4 aromatic carbocycles. The minimum absolute atomic E-state index is 0. The maximum absolute atomic E-state index is 13.7. The van der Waals surface area contributed by atoms with Crippen LogP contribution in [0.15, 0.2) is 109 Å². The molecule has 0 aliphatic carbocycles. The van der Waals surface area contributed by atoms with Crippen LogP contribution in [0, 0.1) is 23.3 Å². The molecule has 0 atom stereocenters. The first-order valence-corrected chi connectivity index (χ1v) is 15.8. The quantitative estimate of drug-likeness (QED) is 0.110. The summed E-state index contributed by atoms with van der Waals surface area (Å²) in [6.07, 6.45) is 0. The van der Waals surface area contributed by atoms with Crippen molar-refractivity contribution in [2.45, 2.75) is 0 Å². The average molecular weight is 790 g/mol. The number of nitrogens with one attached hydrogen (secondary N) is 2. The van der Waals surface area contributed by atoms with Crippen molar-refractivity contribution in [2.24, 2.45) is 0 Å². The predicted octanol–water partition coefficient (Wildman–Crippen LogP) is 7.32. The number of aromatic nitrogens is 6. The first-order chi connectivity index (χ1) is 24.6. The van der Waals surface area contributed by atoms with Gasteiger partial charge in [-0.1, -0.05) is 83.0 Å². The summed E-state index contributed by atoms with van der Waals surface area (Å²) >= 11 is 18.2. The number of rotatable bonds is 4. The first kappa shape index (κ1) is 39.2. The van der Waals surface area contributed by atoms with Crippen LogP contribution in [0.2, 0.25) is 15.2 Å². The number of ether oxygens (including phenoxy) is 1. The second-order valence-corrected chi connectivity index (χ2v) is 11.6. The number of H-pyrrole nitrogens is 2. The average Bonchev–Trinajstić information content (AvgIpc) is 3.73. The van der Waals surface area contributed by atoms with Gasteiger partial charge in [-0.15, -0.1) is 0 Å². The fourth-order valence-electron chi connectivity index (χ4n) is 4.70. The molecule has 0 unspecified atom stereocenters. The van der Waals surface area contributed by atoms with Crippen LogP contribution >= 0.6 is 34.8 Å². The van der Waals surface area contributed by atoms with E-state index in [2.05, 4.69) is 30.4 Å². The Balaban J connectivity index is 0.000000167. The van der Waals surface area contributed by atoms with Crippen molar-refractivity contribution in [3.63, 3.8) is 0 Å². The maximum Gasteiger partial charge on any atom is 1.00 e. The van der Waals surface area contributed by atoms with Crippen LogP contribution in [0.4, 0.5) is 17.6 Å². The number of hydrogen-bond donors (Lipinski definition) is 2. The summed E-state index contributed by atoms with van der Waals surface area (Å²) in [4.78, 5) is 8.37. The molecular formula is C36H20Cl3F4KN6O2. The minimum Gasteiger partial charge on any atom is -0.870 e. The smallest absolute Gasteiger partial charge is 0.870 e. The summed E-state index contributed by atoms with van der Waals surface area (Å²) in [6.45, 7) is 0. The van der Waals surface area contributed by atoms with Gasteiger partial charge >= 0.3 is 51.4 Å². The fraction of sp³-hybridized carbons (Fsp3) is 0. The van der Waals surface area contributed by atoms with E-state index in [0.717, 1.165) is 57.6 Å². The van der Waals surface area contributed by atoms with E-state index in [9.17, 15) is 22.7 Å². The third-order valence-corrected chi connectivity index (χ3v) is 7.94. The zero-order valence-electron chi connectivity index (χ0n) is 26.6. The van der Waals surface area contributed by atoms with Crippen LogP contribution in [0.5, 0.6) is 17.4 Å². The van der Waals surface area contributed by atoms with Gasteiger partial charge in [0.25, 0.3) is 0 Å². The van der Waals surface area contributed by atoms with Crippen molar-refractivity contribution in [1.29, 1.82) is 0 Å². The van der Waals surface area contributed by atoms with Gasteiger partial charge in [0.1, 0.15) is 22.6 Å². The molecule has 52 heavy (non-hydrogen) atoms. The monoisotopic (exact) mass is 788 g/mol. The molecule has 4 aromatic heterocycles. The van der Waals surface area contributed by atoms with Crippen molar-refractivity contribution in [1.82, 2.24) is 30.4 Å². The topological polar surface area (TPSA) is 115 Å². The number of fused-ring (bicyclic) bond motifs is 2. The number of aromatic amines is 2. The van der Waals surface area contributed by atoms with Gasteiger partial charge in [0.05, 0.1) is 11.4 Å². The summed E-state index contributed by atoms with van der Waals surface area (Å²) in [7, 11) is 0. The fourth-order valence-corrected chi connectivity index (χ4v) is 5.30. The van der Waals surface area contributed by atoms with Crippen molar-refractivity contribution in [3.05, 3.63) is 148 Å². The third kappa shape index (κ3) is 9.29. The molecule has 16 heteroatoms. The second kappa shape index (κ2) is 17.6. The first-order valence-electron chi connectivity index (χ1n) is 14.7. The molecule has 8 aromatic rings. The van der Waals surface area contributed by atoms with Gasteiger partial charge in [-0.25, -0.2) is 22.5 Å². The molecule has 256 valence electrons. The number of hydrogen-bond acceptors (Lipinski definition) is 6. The summed E-state index contributed by atoms with van der Waals surface area (Å²) in [5.74, 6) is -4.01. The SMILES string of the molecule is Clc1ccc2c(-c3ccccc3Cl)[nH]nc2n1.Fc1ccc(Oc2ccc3c(-c4ccccc4Cl)[nH]nc3n2)c(F)c1.[K+].[O-]c1ccc(F)cc1F. The minimum atomic E-state index is -1.05. The molecule has 0 aliphatic rings. The van der Waals surface area contributed by atoms with Gasteiger partial charge in [0, 0.05) is 50.1 Å². The van der Waals surface area contributed by atoms with Gasteiger partial charge < -0.3 is 9.84 Å². The van der Waals surface area contributed by atoms with Crippen LogP contribution in [-0.4, -0.2) is 30.4 Å². The van der Waals surface area contributed by atoms with E-state index in [-0.39, 0.29) is 63.0 Å². The predicted molar refractivity (Wildman–Crippen MR) is 186 cm³/mol. The molecule has 8 nitrogen and oxygen atoms in total. The third-order valence-electron chi connectivity index (χ3n) is 7.07. The number of halogens is 7. The van der Waals surface area contributed by atoms with E-state index in [1.165, 1.54) is 6.07 Å². The Morgan fingerprint density at radius 1 is 0.577 bits per heavy atom. The largest absolute Gasteiger partial charge is 1.00 e. The molecule has 0 saturated heterocycles. The van der Waals surface area contributed by atoms with Crippen molar-refractivity contribution in [3.8, 4) is 39.9 Å². The number of pyridine rings is 2. The maximum atomic E-state index is 13.7. The summed E-state index contributed by atoms with van der Waals surface area (Å²) in [5, 5.41) is 27.7. The Hall–Kier alpha value is -4.05. The van der Waals surface area contributed by atoms with E-state index in [1.54, 1.807) is 24.3 Å². The molecule has 0 fully saturated rings. The van der Waals surface area contributed by atoms with Crippen LogP contribution < -0.4 is 61.2 Å². The van der Waals surface area contributed by atoms with Gasteiger partial charge in [-0.2, -0.15) is 15.2 Å². The van der Waals surface area contributed by atoms with Crippen LogP contribution in [0.1, 0.15) is 0 Å². The summed E-state index contributed by atoms with van der Waals surface area (Å²) in [6, 6.07) is 27.3. The van der Waals surface area contributed by atoms with E-state index in [0.29, 0.717) is 32.6 Å². The van der Waals surface area contributed by atoms with Crippen molar-refractivity contribution >= 4 is 56.9 Å². The Morgan fingerprint density at radius 3 is 1.63 bits per heavy atom. The van der Waals surface area contributed by atoms with Crippen LogP contribution in [0.25, 0.3) is 44.6 Å². The molecule has 4 heterocycles. The van der Waals surface area contributed by atoms with Gasteiger partial charge in [-0.3, -0.25) is 10.2 Å². The molecule has 0 spiro atoms. The number of nitrogens with zero attached hydrogens (tertiary/aromatic N) is 4. The second-order valence-electron chi connectivity index (χ2n) is 10.4. The van der Waals surface area contributed by atoms with E-state index in [1.807, 2.05) is 48.5 Å². The van der Waals surface area contributed by atoms with Gasteiger partial charge in [-0.05, 0) is 48.5 Å². The summed E-state index contributed by atoms with van der Waals surface area (Å²) in [5.41, 5.74) is 4.28. The molecule has 0 saturated carbocycles. The van der Waals surface area contributed by atoms with Gasteiger partial charge in [0.15, 0.2) is 22.9 Å². The van der Waals surface area contributed by atoms with E-state index >= 15 is 0 Å². The van der Waals surface area contributed by atoms with E-state index < -0.39 is 29.0 Å². The van der Waals surface area contributed by atoms with Crippen molar-refractivity contribution in [2.75, 3.05) is 0 Å². The normalized spacial score (nSPS) is 10.5. The van der Waals surface area contributed by atoms with Gasteiger partial charge in [0.2, 0.25) is 5.88 Å². The Kier molecular flexibility index (Phi) is 13.3. The molecular weight excluding hydrogens is 770 g/mol. The molecule has 0 amide bonds. The standard InChI is InChI=1S/C18H10ClF2N3O.C12H7Cl2N3.C6H4F2O.K/c19-13-4-2-1-3-11(13)17-12-6-8-16(22-18(12)24-23-17)25-15-7-5-10(20)9-14(15)21;13-9-4-2-1-3-7(9)11-8-5-6-10(14)15-12(8)17-16-11;7-4-1-2-6(9)5(8)3-4;/h1-9H,(H,22,23,24);1-6H,(H,15,16,17);1-3,9H;/q;;;+1/p-1. The van der Waals surface area contributed by atoms with Crippen LogP contribution in [0.3, 0.4) is 0 Å². The molecule has 8 rings (SSSR count). The Morgan fingerprint density at radius 2 is 1.10 bits per heavy atom. The van der Waals surface area contributed by atoms with Crippen molar-refractivity contribution < 1.29 is 78.8 Å². The van der Waals surface area contributed by atoms with E-state index in [4.69, 9.17) is 39.5 Å². The Bertz CT molecular complexity index is 2500. The molecule has 0 bridgehead atoms. The zero-order chi connectivity index (χ0) is 36.1.